The van der Waals surface area contributed by atoms with E-state index in [1.54, 1.807) is 0 Å². The molecule has 0 fully saturated rings. The summed E-state index contributed by atoms with van der Waals surface area (Å²) in [5.74, 6) is 0.872. The molecule has 0 rings (SSSR count). The van der Waals surface area contributed by atoms with Crippen molar-refractivity contribution in [1.82, 2.24) is 0 Å². The SMILES string of the molecule is C=P(C)(C(C)C)C(C)C.C=[PH](C)C(C)C.C=[PH](C)CCC(C)C.C[CH-]C.C[CH-]C.C[CH-]C.C[CH-]C.[Y].[Y].[Y].[Y]. The van der Waals surface area contributed by atoms with Crippen LogP contribution in [-0.2, 0) is 131 Å². The van der Waals surface area contributed by atoms with Crippen LogP contribution in [0, 0.1) is 31.6 Å². The van der Waals surface area contributed by atoms with Gasteiger partial charge < -0.3 is 25.7 Å². The molecular weight excluding hydrogens is 833 g/mol. The predicted octanol–water partition coefficient (Wildman–Crippen LogP) is 11.8. The number of hydrogen-bond acceptors (Lipinski definition) is 0. The van der Waals surface area contributed by atoms with Gasteiger partial charge in [0.25, 0.3) is 0 Å². The Kier molecular flexibility index (Phi) is 119. The van der Waals surface area contributed by atoms with Gasteiger partial charge in [-0.2, -0.15) is 55.4 Å². The van der Waals surface area contributed by atoms with Gasteiger partial charge in [-0.05, 0) is 55.5 Å². The van der Waals surface area contributed by atoms with Gasteiger partial charge in [-0.25, -0.2) is 0 Å². The van der Waals surface area contributed by atoms with Crippen molar-refractivity contribution in [2.45, 2.75) is 134 Å². The molecule has 0 aromatic heterocycles. The van der Waals surface area contributed by atoms with Gasteiger partial charge in [0.15, 0.2) is 0 Å². The van der Waals surface area contributed by atoms with Crippen LogP contribution in [0.15, 0.2) is 0 Å². The smallest absolute Gasteiger partial charge is 0 e. The Morgan fingerprint density at radius 3 is 0.795 bits per heavy atom. The van der Waals surface area contributed by atoms with Crippen molar-refractivity contribution in [2.24, 2.45) is 5.92 Å². The first-order chi connectivity index (χ1) is 15.8. The van der Waals surface area contributed by atoms with E-state index in [0.717, 1.165) is 22.9 Å². The van der Waals surface area contributed by atoms with E-state index in [0.29, 0.717) is 0 Å². The molecule has 0 bridgehead atoms. The molecule has 0 saturated carbocycles. The van der Waals surface area contributed by atoms with Crippen molar-refractivity contribution in [2.75, 3.05) is 26.2 Å². The second-order valence-corrected chi connectivity index (χ2v) is 20.8. The molecule has 0 N–H and O–H groups in total. The zero-order valence-electron chi connectivity index (χ0n) is 30.9. The van der Waals surface area contributed by atoms with Gasteiger partial charge in [0.05, 0.1) is 0 Å². The van der Waals surface area contributed by atoms with E-state index in [-0.39, 0.29) is 146 Å². The molecule has 236 valence electrons. The van der Waals surface area contributed by atoms with Crippen molar-refractivity contribution in [1.29, 1.82) is 0 Å². The third-order valence-electron chi connectivity index (χ3n) is 4.49. The molecule has 0 saturated heterocycles. The van der Waals surface area contributed by atoms with Crippen molar-refractivity contribution < 1.29 is 131 Å². The summed E-state index contributed by atoms with van der Waals surface area (Å²) in [6.07, 6.45) is 23.0. The maximum Gasteiger partial charge on any atom is 0 e. The summed E-state index contributed by atoms with van der Waals surface area (Å²) >= 11 is 0. The Morgan fingerprint density at radius 1 is 0.590 bits per heavy atom. The molecule has 0 nitrogen and oxygen atoms in total. The summed E-state index contributed by atoms with van der Waals surface area (Å²) in [5.41, 5.74) is 2.42. The first-order valence-electron chi connectivity index (χ1n) is 13.8. The van der Waals surface area contributed by atoms with Crippen molar-refractivity contribution in [3.8, 4) is 0 Å². The third-order valence-corrected chi connectivity index (χ3v) is 12.3. The van der Waals surface area contributed by atoms with Crippen molar-refractivity contribution >= 4 is 40.9 Å². The second kappa shape index (κ2) is 62.2. The fourth-order valence-electron chi connectivity index (χ4n) is 1.13. The molecule has 39 heavy (non-hydrogen) atoms. The van der Waals surface area contributed by atoms with Gasteiger partial charge in [0.1, 0.15) is 0 Å². The van der Waals surface area contributed by atoms with Crippen LogP contribution in [-0.4, -0.2) is 62.0 Å². The van der Waals surface area contributed by atoms with Gasteiger partial charge in [-0.15, -0.1) is 40.9 Å². The zero-order chi connectivity index (χ0) is 30.2. The topological polar surface area (TPSA) is 0 Å². The minimum absolute atomic E-state index is 0. The Balaban J connectivity index is -0.0000000269. The summed E-state index contributed by atoms with van der Waals surface area (Å²) < 4.78 is 0. The normalized spacial score (nSPS) is 10.2. The van der Waals surface area contributed by atoms with Gasteiger partial charge in [0, 0.05) is 131 Å². The molecule has 2 unspecified atom stereocenters. The van der Waals surface area contributed by atoms with Crippen molar-refractivity contribution in [3.05, 3.63) is 25.7 Å². The standard InChI is InChI=1S/C8H19P.C7H17P.C5H13P.4C3H7.4Y/c1-7(2)9(5,6)8(3)4;1-7(2)5-6-8(3)4;1-5(2)6(3)4;4*1-3-2;;;;/h7-8H,5H2,1-4,6H3;7-8H,3,5-6H2,1-2,4H3;5-6H,3H2,1-2,4H3;4*3H,1-2H3;;;;/q;;;4*-1;;;;. The minimum Gasteiger partial charge on any atom is -0.335 e. The Labute approximate surface area is 357 Å². The first kappa shape index (κ1) is 74.9. The molecule has 0 aliphatic heterocycles. The molecular formula is C32H77P3Y4-4. The molecule has 0 spiro atoms. The predicted molar refractivity (Wildman–Crippen MR) is 195 cm³/mol. The van der Waals surface area contributed by atoms with Crippen LogP contribution < -0.4 is 0 Å². The average molecular weight is 911 g/mol. The summed E-state index contributed by atoms with van der Waals surface area (Å²) in [4.78, 5) is 0. The number of hydrogen-bond donors (Lipinski definition) is 0. The largest absolute Gasteiger partial charge is 0.335 e. The van der Waals surface area contributed by atoms with E-state index in [9.17, 15) is 0 Å². The monoisotopic (exact) mass is 910 g/mol. The quantitative estimate of drug-likeness (QED) is 0.184. The van der Waals surface area contributed by atoms with Crippen LogP contribution in [0.2, 0.25) is 0 Å². The summed E-state index contributed by atoms with van der Waals surface area (Å²) in [5, 5.41) is 0. The van der Waals surface area contributed by atoms with Gasteiger partial charge >= 0.3 is 0 Å². The zero-order valence-corrected chi connectivity index (χ0v) is 45.2. The van der Waals surface area contributed by atoms with Crippen LogP contribution in [0.4, 0.5) is 0 Å². The van der Waals surface area contributed by atoms with Crippen molar-refractivity contribution in [3.63, 3.8) is 0 Å². The average Bonchev–Trinajstić information content (AvgIpc) is 2.69. The fraction of sp³-hybridized carbons (Fsp3) is 0.781. The molecule has 0 amide bonds. The van der Waals surface area contributed by atoms with Crippen LogP contribution in [0.3, 0.4) is 0 Å². The second-order valence-electron chi connectivity index (χ2n) is 10.7. The Morgan fingerprint density at radius 2 is 0.769 bits per heavy atom. The van der Waals surface area contributed by atoms with E-state index in [4.69, 9.17) is 0 Å². The molecule has 0 aromatic carbocycles. The number of rotatable bonds is 6. The summed E-state index contributed by atoms with van der Waals surface area (Å²) in [6.45, 7) is 40.1. The van der Waals surface area contributed by atoms with E-state index < -0.39 is 6.89 Å². The van der Waals surface area contributed by atoms with Crippen LogP contribution in [0.25, 0.3) is 0 Å². The molecule has 7 heteroatoms. The molecule has 0 aliphatic carbocycles. The minimum atomic E-state index is -0.836. The Hall–Kier alpha value is 5.32. The Bertz CT molecular complexity index is 417. The van der Waals surface area contributed by atoms with E-state index >= 15 is 0 Å². The molecule has 0 heterocycles. The van der Waals surface area contributed by atoms with Gasteiger partial charge in [-0.3, -0.25) is 0 Å². The summed E-state index contributed by atoms with van der Waals surface area (Å²) in [7, 11) is -0.381. The molecule has 0 aromatic rings. The van der Waals surface area contributed by atoms with E-state index in [1.165, 1.54) is 12.6 Å². The summed E-state index contributed by atoms with van der Waals surface area (Å²) in [6, 6.07) is 0. The van der Waals surface area contributed by atoms with Gasteiger partial charge in [0.2, 0.25) is 0 Å². The fourth-order valence-corrected chi connectivity index (χ4v) is 3.39. The first-order valence-corrected chi connectivity index (χ1v) is 21.0. The maximum atomic E-state index is 4.28. The van der Waals surface area contributed by atoms with Crippen LogP contribution in [0.1, 0.15) is 117 Å². The van der Waals surface area contributed by atoms with Crippen LogP contribution >= 0.6 is 22.0 Å². The van der Waals surface area contributed by atoms with E-state index in [1.807, 2.05) is 81.1 Å². The van der Waals surface area contributed by atoms with E-state index in [2.05, 4.69) is 94.3 Å². The maximum absolute atomic E-state index is 4.28. The van der Waals surface area contributed by atoms with Crippen LogP contribution in [0.5, 0.6) is 0 Å². The molecule has 4 radical (unpaired) electrons. The van der Waals surface area contributed by atoms with Gasteiger partial charge in [-0.1, -0.05) is 55.4 Å². The molecule has 0 aliphatic rings. The molecule has 2 atom stereocenters. The third kappa shape index (κ3) is 107.